The molecule has 4 heteroatoms. The maximum Gasteiger partial charge on any atom is 0.267 e. The van der Waals surface area contributed by atoms with Crippen molar-refractivity contribution in [1.29, 1.82) is 0 Å². The molecule has 0 fully saturated rings. The molecule has 1 aromatic carbocycles. The first-order valence-corrected chi connectivity index (χ1v) is 5.07. The first kappa shape index (κ1) is 12.5. The van der Waals surface area contributed by atoms with E-state index in [0.29, 0.717) is 5.56 Å². The van der Waals surface area contributed by atoms with Crippen LogP contribution < -0.4 is 10.6 Å². The highest BCUT2D eigenvalue weighted by atomic mass is 16.5. The Labute approximate surface area is 96.0 Å². The SMILES string of the molecule is COc1c(C)cc(C(=O)N(C)N)c(C)c1C. The Hall–Kier alpha value is -1.55. The maximum absolute atomic E-state index is 11.8. The second-order valence-electron chi connectivity index (χ2n) is 3.94. The van der Waals surface area contributed by atoms with Crippen LogP contribution >= 0.6 is 0 Å². The van der Waals surface area contributed by atoms with Crippen LogP contribution in [0.1, 0.15) is 27.0 Å². The van der Waals surface area contributed by atoms with Crippen molar-refractivity contribution in [2.24, 2.45) is 5.84 Å². The zero-order chi connectivity index (χ0) is 12.5. The van der Waals surface area contributed by atoms with E-state index in [2.05, 4.69) is 0 Å². The third-order valence-electron chi connectivity index (χ3n) is 2.78. The molecule has 4 nitrogen and oxygen atoms in total. The summed E-state index contributed by atoms with van der Waals surface area (Å²) in [6.45, 7) is 5.75. The van der Waals surface area contributed by atoms with Gasteiger partial charge in [-0.1, -0.05) is 0 Å². The molecule has 0 aliphatic rings. The molecule has 2 N–H and O–H groups in total. The number of amides is 1. The fraction of sp³-hybridized carbons (Fsp3) is 0.417. The van der Waals surface area contributed by atoms with E-state index in [0.717, 1.165) is 27.4 Å². The fourth-order valence-corrected chi connectivity index (χ4v) is 1.78. The number of nitrogens with zero attached hydrogens (tertiary/aromatic N) is 1. The summed E-state index contributed by atoms with van der Waals surface area (Å²) in [5.74, 6) is 6.10. The number of aryl methyl sites for hydroxylation is 1. The van der Waals surface area contributed by atoms with Gasteiger partial charge in [0.25, 0.3) is 5.91 Å². The number of hydrogen-bond acceptors (Lipinski definition) is 3. The lowest BCUT2D eigenvalue weighted by Crippen LogP contribution is -2.33. The molecule has 0 heterocycles. The largest absolute Gasteiger partial charge is 0.496 e. The van der Waals surface area contributed by atoms with Gasteiger partial charge in [-0.15, -0.1) is 0 Å². The Morgan fingerprint density at radius 3 is 2.31 bits per heavy atom. The highest BCUT2D eigenvalue weighted by Gasteiger charge is 2.17. The predicted octanol–water partition coefficient (Wildman–Crippen LogP) is 1.57. The Bertz CT molecular complexity index is 426. The number of carbonyl (C=O) groups is 1. The van der Waals surface area contributed by atoms with Crippen molar-refractivity contribution in [3.8, 4) is 5.75 Å². The van der Waals surface area contributed by atoms with E-state index < -0.39 is 0 Å². The lowest BCUT2D eigenvalue weighted by molar-refractivity contribution is 0.0794. The second-order valence-corrected chi connectivity index (χ2v) is 3.94. The van der Waals surface area contributed by atoms with E-state index in [4.69, 9.17) is 10.6 Å². The van der Waals surface area contributed by atoms with E-state index in [-0.39, 0.29) is 5.91 Å². The topological polar surface area (TPSA) is 55.6 Å². The predicted molar refractivity (Wildman–Crippen MR) is 63.5 cm³/mol. The third kappa shape index (κ3) is 2.02. The summed E-state index contributed by atoms with van der Waals surface area (Å²) in [6.07, 6.45) is 0. The molecule has 0 unspecified atom stereocenters. The van der Waals surface area contributed by atoms with Gasteiger partial charge in [0, 0.05) is 12.6 Å². The lowest BCUT2D eigenvalue weighted by atomic mass is 9.98. The standard InChI is InChI=1S/C12H18N2O2/c1-7-6-10(12(15)14(4)13)8(2)9(3)11(7)16-5/h6H,13H2,1-5H3. The molecule has 88 valence electrons. The zero-order valence-corrected chi connectivity index (χ0v) is 10.4. The van der Waals surface area contributed by atoms with Crippen molar-refractivity contribution in [2.45, 2.75) is 20.8 Å². The van der Waals surface area contributed by atoms with Crippen LogP contribution in [-0.2, 0) is 0 Å². The Kier molecular flexibility index (Phi) is 3.55. The molecule has 1 aromatic rings. The Morgan fingerprint density at radius 1 is 1.31 bits per heavy atom. The molecule has 0 saturated heterocycles. The van der Waals surface area contributed by atoms with Crippen molar-refractivity contribution in [3.63, 3.8) is 0 Å². The van der Waals surface area contributed by atoms with E-state index in [1.54, 1.807) is 7.11 Å². The summed E-state index contributed by atoms with van der Waals surface area (Å²) >= 11 is 0. The first-order chi connectivity index (χ1) is 7.40. The van der Waals surface area contributed by atoms with Crippen LogP contribution in [-0.4, -0.2) is 25.1 Å². The molecule has 0 bridgehead atoms. The summed E-state index contributed by atoms with van der Waals surface area (Å²) < 4.78 is 5.30. The average molecular weight is 222 g/mol. The second kappa shape index (κ2) is 4.53. The van der Waals surface area contributed by atoms with Crippen molar-refractivity contribution >= 4 is 5.91 Å². The normalized spacial score (nSPS) is 10.1. The summed E-state index contributed by atoms with van der Waals surface area (Å²) in [4.78, 5) is 11.8. The van der Waals surface area contributed by atoms with Crippen LogP contribution in [0.5, 0.6) is 5.75 Å². The molecular weight excluding hydrogens is 204 g/mol. The van der Waals surface area contributed by atoms with E-state index >= 15 is 0 Å². The summed E-state index contributed by atoms with van der Waals surface area (Å²) in [5, 5.41) is 1.09. The van der Waals surface area contributed by atoms with Crippen LogP contribution in [0, 0.1) is 20.8 Å². The number of hydrazine groups is 1. The number of nitrogens with two attached hydrogens (primary N) is 1. The number of ether oxygens (including phenoxy) is 1. The Balaban J connectivity index is 3.40. The number of benzene rings is 1. The van der Waals surface area contributed by atoms with Gasteiger partial charge in [-0.25, -0.2) is 5.84 Å². The molecule has 0 saturated carbocycles. The highest BCUT2D eigenvalue weighted by Crippen LogP contribution is 2.28. The maximum atomic E-state index is 11.8. The van der Waals surface area contributed by atoms with Gasteiger partial charge in [-0.2, -0.15) is 0 Å². The van der Waals surface area contributed by atoms with Crippen molar-refractivity contribution in [2.75, 3.05) is 14.2 Å². The van der Waals surface area contributed by atoms with Gasteiger partial charge < -0.3 is 4.74 Å². The van der Waals surface area contributed by atoms with E-state index in [9.17, 15) is 4.79 Å². The van der Waals surface area contributed by atoms with Gasteiger partial charge in [0.05, 0.1) is 7.11 Å². The summed E-state index contributed by atoms with van der Waals surface area (Å²) in [5.41, 5.74) is 3.45. The number of hydrogen-bond donors (Lipinski definition) is 1. The number of methoxy groups -OCH3 is 1. The number of rotatable bonds is 2. The van der Waals surface area contributed by atoms with Crippen LogP contribution in [0.25, 0.3) is 0 Å². The zero-order valence-electron chi connectivity index (χ0n) is 10.4. The fourth-order valence-electron chi connectivity index (χ4n) is 1.78. The summed E-state index contributed by atoms with van der Waals surface area (Å²) in [7, 11) is 3.17. The molecule has 16 heavy (non-hydrogen) atoms. The summed E-state index contributed by atoms with van der Waals surface area (Å²) in [6, 6.07) is 1.81. The van der Waals surface area contributed by atoms with E-state index in [1.165, 1.54) is 7.05 Å². The van der Waals surface area contributed by atoms with Gasteiger partial charge in [0.15, 0.2) is 0 Å². The molecule has 0 aliphatic carbocycles. The van der Waals surface area contributed by atoms with Crippen LogP contribution in [0.3, 0.4) is 0 Å². The molecule has 1 rings (SSSR count). The molecule has 0 atom stereocenters. The van der Waals surface area contributed by atoms with E-state index in [1.807, 2.05) is 26.8 Å². The van der Waals surface area contributed by atoms with Crippen LogP contribution in [0.2, 0.25) is 0 Å². The van der Waals surface area contributed by atoms with Crippen molar-refractivity contribution in [3.05, 3.63) is 28.3 Å². The highest BCUT2D eigenvalue weighted by molar-refractivity contribution is 5.96. The quantitative estimate of drug-likeness (QED) is 0.469. The van der Waals surface area contributed by atoms with Gasteiger partial charge in [-0.3, -0.25) is 9.80 Å². The molecule has 0 aromatic heterocycles. The van der Waals surface area contributed by atoms with Gasteiger partial charge >= 0.3 is 0 Å². The van der Waals surface area contributed by atoms with Crippen molar-refractivity contribution < 1.29 is 9.53 Å². The minimum Gasteiger partial charge on any atom is -0.496 e. The molecule has 0 radical (unpaired) electrons. The third-order valence-corrected chi connectivity index (χ3v) is 2.78. The molecule has 1 amide bonds. The molecular formula is C12H18N2O2. The lowest BCUT2D eigenvalue weighted by Gasteiger charge is -2.17. The van der Waals surface area contributed by atoms with Crippen molar-refractivity contribution in [1.82, 2.24) is 5.01 Å². The first-order valence-electron chi connectivity index (χ1n) is 5.07. The van der Waals surface area contributed by atoms with Crippen LogP contribution in [0.4, 0.5) is 0 Å². The minimum absolute atomic E-state index is 0.189. The van der Waals surface area contributed by atoms with Gasteiger partial charge in [0.1, 0.15) is 5.75 Å². The monoisotopic (exact) mass is 222 g/mol. The smallest absolute Gasteiger partial charge is 0.267 e. The van der Waals surface area contributed by atoms with Gasteiger partial charge in [-0.05, 0) is 43.5 Å². The Morgan fingerprint density at radius 2 is 1.88 bits per heavy atom. The van der Waals surface area contributed by atoms with Crippen LogP contribution in [0.15, 0.2) is 6.07 Å². The average Bonchev–Trinajstić information content (AvgIpc) is 2.23. The van der Waals surface area contributed by atoms with Gasteiger partial charge in [0.2, 0.25) is 0 Å². The minimum atomic E-state index is -0.189. The molecule has 0 aliphatic heterocycles. The number of carbonyl (C=O) groups excluding carboxylic acids is 1. The molecule has 0 spiro atoms.